The molecule has 1 aliphatic heterocycles. The van der Waals surface area contributed by atoms with Gasteiger partial charge in [-0.15, -0.1) is 0 Å². The first-order valence-electron chi connectivity index (χ1n) is 11.4. The van der Waals surface area contributed by atoms with Crippen molar-refractivity contribution in [3.05, 3.63) is 90.0 Å². The summed E-state index contributed by atoms with van der Waals surface area (Å²) in [5, 5.41) is 6.01. The average molecular weight is 444 g/mol. The molecule has 1 saturated heterocycles. The van der Waals surface area contributed by atoms with Crippen LogP contribution in [-0.2, 0) is 11.4 Å². The lowest BCUT2D eigenvalue weighted by atomic mass is 10.1. The van der Waals surface area contributed by atoms with Crippen LogP contribution < -0.4 is 15.4 Å². The normalized spacial score (nSPS) is 13.3. The zero-order valence-corrected chi connectivity index (χ0v) is 18.6. The second-order valence-corrected chi connectivity index (χ2v) is 8.10. The van der Waals surface area contributed by atoms with Crippen molar-refractivity contribution < 1.29 is 14.3 Å². The molecule has 0 atom stereocenters. The molecule has 1 aliphatic rings. The number of hydrogen-bond donors (Lipinski definition) is 2. The first kappa shape index (κ1) is 22.4. The molecule has 2 N–H and O–H groups in total. The van der Waals surface area contributed by atoms with E-state index in [4.69, 9.17) is 4.74 Å². The minimum Gasteiger partial charge on any atom is -0.487 e. The fourth-order valence-electron chi connectivity index (χ4n) is 3.83. The van der Waals surface area contributed by atoms with Crippen LogP contribution >= 0.6 is 0 Å². The Bertz CT molecular complexity index is 1060. The molecule has 33 heavy (non-hydrogen) atoms. The quantitative estimate of drug-likeness (QED) is 0.517. The van der Waals surface area contributed by atoms with Crippen LogP contribution in [0.15, 0.2) is 78.9 Å². The lowest BCUT2D eigenvalue weighted by Gasteiger charge is -2.26. The van der Waals surface area contributed by atoms with Gasteiger partial charge in [-0.05, 0) is 61.2 Å². The number of amides is 2. The monoisotopic (exact) mass is 443 g/mol. The van der Waals surface area contributed by atoms with E-state index < -0.39 is 0 Å². The van der Waals surface area contributed by atoms with Crippen molar-refractivity contribution in [2.24, 2.45) is 0 Å². The van der Waals surface area contributed by atoms with Gasteiger partial charge in [-0.3, -0.25) is 9.59 Å². The molecule has 1 fully saturated rings. The molecule has 2 amide bonds. The van der Waals surface area contributed by atoms with E-state index in [9.17, 15) is 9.59 Å². The van der Waals surface area contributed by atoms with Crippen LogP contribution in [-0.4, -0.2) is 36.3 Å². The molecule has 0 radical (unpaired) electrons. The first-order chi connectivity index (χ1) is 16.2. The molecule has 0 aromatic heterocycles. The van der Waals surface area contributed by atoms with Gasteiger partial charge in [0.2, 0.25) is 5.91 Å². The molecule has 0 unspecified atom stereocenters. The number of anilines is 2. The van der Waals surface area contributed by atoms with Crippen LogP contribution in [0.5, 0.6) is 5.75 Å². The molecule has 0 spiro atoms. The fraction of sp³-hybridized carbons (Fsp3) is 0.259. The molecular formula is C27H29N3O3. The summed E-state index contributed by atoms with van der Waals surface area (Å²) in [5.41, 5.74) is 3.14. The highest BCUT2D eigenvalue weighted by atomic mass is 16.5. The van der Waals surface area contributed by atoms with Gasteiger partial charge in [-0.1, -0.05) is 42.5 Å². The van der Waals surface area contributed by atoms with Gasteiger partial charge >= 0.3 is 0 Å². The Morgan fingerprint density at radius 2 is 1.52 bits per heavy atom. The molecule has 6 nitrogen and oxygen atoms in total. The number of carbonyl (C=O) groups is 2. The number of piperidine rings is 1. The predicted molar refractivity (Wildman–Crippen MR) is 131 cm³/mol. The van der Waals surface area contributed by atoms with Gasteiger partial charge in [-0.25, -0.2) is 0 Å². The third-order valence-electron chi connectivity index (χ3n) is 5.62. The number of likely N-dealkylation sites (tertiary alicyclic amines) is 1. The Hall–Kier alpha value is -3.80. The number of para-hydroxylation sites is 2. The van der Waals surface area contributed by atoms with Crippen molar-refractivity contribution in [2.75, 3.05) is 30.3 Å². The van der Waals surface area contributed by atoms with E-state index in [1.54, 1.807) is 24.3 Å². The Morgan fingerprint density at radius 1 is 0.818 bits per heavy atom. The number of nitrogens with zero attached hydrogens (tertiary/aromatic N) is 1. The second-order valence-electron chi connectivity index (χ2n) is 8.10. The van der Waals surface area contributed by atoms with Gasteiger partial charge in [0, 0.05) is 24.3 Å². The molecule has 4 rings (SSSR count). The van der Waals surface area contributed by atoms with Crippen LogP contribution in [0.25, 0.3) is 0 Å². The van der Waals surface area contributed by atoms with E-state index in [0.717, 1.165) is 37.2 Å². The lowest BCUT2D eigenvalue weighted by Crippen LogP contribution is -2.35. The predicted octanol–water partition coefficient (Wildman–Crippen LogP) is 4.94. The highest BCUT2D eigenvalue weighted by Gasteiger charge is 2.18. The maximum Gasteiger partial charge on any atom is 0.253 e. The highest BCUT2D eigenvalue weighted by Crippen LogP contribution is 2.24. The molecule has 3 aromatic rings. The summed E-state index contributed by atoms with van der Waals surface area (Å²) in [6, 6.07) is 24.6. The van der Waals surface area contributed by atoms with E-state index in [0.29, 0.717) is 23.6 Å². The SMILES string of the molecule is O=C(CNc1ccccc1OCc1ccccc1)Nc1ccc(C(=O)N2CCCCC2)cc1. The number of ether oxygens (including phenoxy) is 1. The van der Waals surface area contributed by atoms with Crippen LogP contribution in [0.1, 0.15) is 35.2 Å². The molecule has 170 valence electrons. The van der Waals surface area contributed by atoms with Crippen molar-refractivity contribution in [3.63, 3.8) is 0 Å². The van der Waals surface area contributed by atoms with Crippen molar-refractivity contribution in [2.45, 2.75) is 25.9 Å². The topological polar surface area (TPSA) is 70.7 Å². The smallest absolute Gasteiger partial charge is 0.253 e. The van der Waals surface area contributed by atoms with Crippen molar-refractivity contribution in [1.82, 2.24) is 4.90 Å². The summed E-state index contributed by atoms with van der Waals surface area (Å²) in [6.07, 6.45) is 3.31. The maximum atomic E-state index is 12.6. The van der Waals surface area contributed by atoms with Crippen LogP contribution in [0.4, 0.5) is 11.4 Å². The van der Waals surface area contributed by atoms with Gasteiger partial charge in [-0.2, -0.15) is 0 Å². The summed E-state index contributed by atoms with van der Waals surface area (Å²) >= 11 is 0. The Balaban J connectivity index is 1.28. The third kappa shape index (κ3) is 6.35. The molecule has 0 bridgehead atoms. The third-order valence-corrected chi connectivity index (χ3v) is 5.62. The maximum absolute atomic E-state index is 12.6. The van der Waals surface area contributed by atoms with E-state index in [1.165, 1.54) is 6.42 Å². The summed E-state index contributed by atoms with van der Waals surface area (Å²) < 4.78 is 5.93. The van der Waals surface area contributed by atoms with Gasteiger partial charge in [0.1, 0.15) is 12.4 Å². The minimum atomic E-state index is -0.178. The Morgan fingerprint density at radius 3 is 2.27 bits per heavy atom. The molecule has 0 aliphatic carbocycles. The standard InChI is InChI=1S/C27H29N3O3/c31-26(29-23-15-13-22(14-16-23)27(32)30-17-7-2-8-18-30)19-28-24-11-5-6-12-25(24)33-20-21-9-3-1-4-10-21/h1,3-6,9-16,28H,2,7-8,17-20H2,(H,29,31). The molecule has 6 heteroatoms. The first-order valence-corrected chi connectivity index (χ1v) is 11.4. The number of benzene rings is 3. The summed E-state index contributed by atoms with van der Waals surface area (Å²) in [5.74, 6) is 0.569. The average Bonchev–Trinajstić information content (AvgIpc) is 2.88. The fourth-order valence-corrected chi connectivity index (χ4v) is 3.83. The number of carbonyl (C=O) groups excluding carboxylic acids is 2. The number of hydrogen-bond acceptors (Lipinski definition) is 4. The molecule has 3 aromatic carbocycles. The minimum absolute atomic E-state index is 0.0568. The van der Waals surface area contributed by atoms with Crippen molar-refractivity contribution in [3.8, 4) is 5.75 Å². The van der Waals surface area contributed by atoms with Crippen LogP contribution in [0, 0.1) is 0 Å². The zero-order valence-electron chi connectivity index (χ0n) is 18.6. The van der Waals surface area contributed by atoms with Gasteiger partial charge in [0.25, 0.3) is 5.91 Å². The molecule has 0 saturated carbocycles. The van der Waals surface area contributed by atoms with Crippen LogP contribution in [0.2, 0.25) is 0 Å². The summed E-state index contributed by atoms with van der Waals surface area (Å²) in [4.78, 5) is 26.9. The summed E-state index contributed by atoms with van der Waals surface area (Å²) in [6.45, 7) is 2.19. The van der Waals surface area contributed by atoms with Crippen molar-refractivity contribution >= 4 is 23.2 Å². The number of rotatable bonds is 8. The number of nitrogens with one attached hydrogen (secondary N) is 2. The Kier molecular flexibility index (Phi) is 7.59. The lowest BCUT2D eigenvalue weighted by molar-refractivity contribution is -0.114. The van der Waals surface area contributed by atoms with Gasteiger partial charge in [0.15, 0.2) is 0 Å². The zero-order chi connectivity index (χ0) is 22.9. The van der Waals surface area contributed by atoms with Crippen molar-refractivity contribution in [1.29, 1.82) is 0 Å². The Labute approximate surface area is 194 Å². The van der Waals surface area contributed by atoms with E-state index >= 15 is 0 Å². The molecule has 1 heterocycles. The second kappa shape index (κ2) is 11.2. The van der Waals surface area contributed by atoms with E-state index in [1.807, 2.05) is 59.5 Å². The van der Waals surface area contributed by atoms with E-state index in [-0.39, 0.29) is 18.4 Å². The highest BCUT2D eigenvalue weighted by molar-refractivity contribution is 5.96. The van der Waals surface area contributed by atoms with E-state index in [2.05, 4.69) is 10.6 Å². The van der Waals surface area contributed by atoms with Gasteiger partial charge < -0.3 is 20.3 Å². The molecular weight excluding hydrogens is 414 g/mol. The van der Waals surface area contributed by atoms with Crippen LogP contribution in [0.3, 0.4) is 0 Å². The largest absolute Gasteiger partial charge is 0.487 e. The summed E-state index contributed by atoms with van der Waals surface area (Å²) in [7, 11) is 0. The van der Waals surface area contributed by atoms with Gasteiger partial charge in [0.05, 0.1) is 12.2 Å².